The molecule has 1 aromatic rings. The van der Waals surface area contributed by atoms with E-state index in [1.807, 2.05) is 11.5 Å². The Labute approximate surface area is 112 Å². The first kappa shape index (κ1) is 15.0. The summed E-state index contributed by atoms with van der Waals surface area (Å²) >= 11 is 1.55. The molecule has 0 saturated heterocycles. The highest BCUT2D eigenvalue weighted by atomic mass is 32.2. The summed E-state index contributed by atoms with van der Waals surface area (Å²) in [5, 5.41) is 11.8. The number of rotatable bonds is 8. The molecule has 1 amide bonds. The van der Waals surface area contributed by atoms with Crippen molar-refractivity contribution >= 4 is 17.7 Å². The van der Waals surface area contributed by atoms with Crippen LogP contribution in [0.25, 0.3) is 0 Å². The summed E-state index contributed by atoms with van der Waals surface area (Å²) in [4.78, 5) is 11.3. The molecule has 0 aromatic carbocycles. The zero-order chi connectivity index (χ0) is 13.4. The van der Waals surface area contributed by atoms with Crippen LogP contribution in [0.1, 0.15) is 32.5 Å². The maximum atomic E-state index is 11.3. The van der Waals surface area contributed by atoms with Crippen molar-refractivity contribution in [1.82, 2.24) is 20.1 Å². The first-order valence-corrected chi connectivity index (χ1v) is 7.23. The Balaban J connectivity index is 2.51. The second kappa shape index (κ2) is 8.10. The standard InChI is InChI=1S/C11H21N5OS/c1-3-6-16-9(8-12)14-15-11(16)18-7-5-10(17)13-4-2/h3-8,12H2,1-2H3,(H,13,17). The van der Waals surface area contributed by atoms with E-state index in [0.29, 0.717) is 25.3 Å². The van der Waals surface area contributed by atoms with Crippen molar-refractivity contribution in [3.63, 3.8) is 0 Å². The van der Waals surface area contributed by atoms with Gasteiger partial charge in [-0.3, -0.25) is 4.79 Å². The van der Waals surface area contributed by atoms with Gasteiger partial charge in [0.25, 0.3) is 0 Å². The lowest BCUT2D eigenvalue weighted by atomic mass is 10.4. The van der Waals surface area contributed by atoms with Gasteiger partial charge in [-0.25, -0.2) is 0 Å². The molecule has 0 atom stereocenters. The second-order valence-electron chi connectivity index (χ2n) is 3.81. The molecule has 102 valence electrons. The number of carbonyl (C=O) groups excluding carboxylic acids is 1. The first-order chi connectivity index (χ1) is 8.72. The molecule has 0 aliphatic rings. The van der Waals surface area contributed by atoms with Crippen molar-refractivity contribution in [2.24, 2.45) is 5.73 Å². The molecule has 7 heteroatoms. The van der Waals surface area contributed by atoms with Crippen LogP contribution in [0, 0.1) is 0 Å². The molecule has 1 rings (SSSR count). The molecular formula is C11H21N5OS. The van der Waals surface area contributed by atoms with Crippen molar-refractivity contribution in [2.45, 2.75) is 44.9 Å². The van der Waals surface area contributed by atoms with E-state index in [-0.39, 0.29) is 5.91 Å². The zero-order valence-corrected chi connectivity index (χ0v) is 11.8. The number of nitrogens with one attached hydrogen (secondary N) is 1. The monoisotopic (exact) mass is 271 g/mol. The van der Waals surface area contributed by atoms with Gasteiger partial charge >= 0.3 is 0 Å². The molecule has 18 heavy (non-hydrogen) atoms. The SMILES string of the molecule is CCCn1c(CN)nnc1SCCC(=O)NCC. The smallest absolute Gasteiger partial charge is 0.220 e. The first-order valence-electron chi connectivity index (χ1n) is 6.24. The van der Waals surface area contributed by atoms with Crippen molar-refractivity contribution < 1.29 is 4.79 Å². The Morgan fingerprint density at radius 3 is 2.83 bits per heavy atom. The van der Waals surface area contributed by atoms with Crippen molar-refractivity contribution in [1.29, 1.82) is 0 Å². The second-order valence-corrected chi connectivity index (χ2v) is 4.87. The summed E-state index contributed by atoms with van der Waals surface area (Å²) in [6.45, 7) is 5.94. The van der Waals surface area contributed by atoms with Crippen LogP contribution in [0.5, 0.6) is 0 Å². The van der Waals surface area contributed by atoms with E-state index in [4.69, 9.17) is 5.73 Å². The van der Waals surface area contributed by atoms with Crippen molar-refractivity contribution in [3.8, 4) is 0 Å². The van der Waals surface area contributed by atoms with Crippen LogP contribution in [0.3, 0.4) is 0 Å². The van der Waals surface area contributed by atoms with Crippen molar-refractivity contribution in [3.05, 3.63) is 5.82 Å². The van der Waals surface area contributed by atoms with E-state index in [1.54, 1.807) is 11.8 Å². The summed E-state index contributed by atoms with van der Waals surface area (Å²) in [7, 11) is 0. The Kier molecular flexibility index (Phi) is 6.74. The highest BCUT2D eigenvalue weighted by molar-refractivity contribution is 7.99. The van der Waals surface area contributed by atoms with Gasteiger partial charge in [-0.15, -0.1) is 10.2 Å². The molecule has 0 fully saturated rings. The fourth-order valence-electron chi connectivity index (χ4n) is 1.55. The van der Waals surface area contributed by atoms with Gasteiger partial charge in [-0.2, -0.15) is 0 Å². The minimum Gasteiger partial charge on any atom is -0.356 e. The third-order valence-corrected chi connectivity index (χ3v) is 3.33. The van der Waals surface area contributed by atoms with Crippen LogP contribution in [-0.2, 0) is 17.9 Å². The minimum absolute atomic E-state index is 0.0746. The summed E-state index contributed by atoms with van der Waals surface area (Å²) in [5.41, 5.74) is 5.61. The lowest BCUT2D eigenvalue weighted by Crippen LogP contribution is -2.22. The lowest BCUT2D eigenvalue weighted by molar-refractivity contribution is -0.120. The molecule has 1 aromatic heterocycles. The maximum Gasteiger partial charge on any atom is 0.220 e. The Hall–Kier alpha value is -1.08. The van der Waals surface area contributed by atoms with Crippen LogP contribution < -0.4 is 11.1 Å². The van der Waals surface area contributed by atoms with Gasteiger partial charge in [0.2, 0.25) is 5.91 Å². The molecule has 0 spiro atoms. The number of aromatic nitrogens is 3. The minimum atomic E-state index is 0.0746. The Bertz CT molecular complexity index is 380. The lowest BCUT2D eigenvalue weighted by Gasteiger charge is -2.07. The Morgan fingerprint density at radius 1 is 1.44 bits per heavy atom. The summed E-state index contributed by atoms with van der Waals surface area (Å²) in [5.74, 6) is 1.58. The molecule has 0 saturated carbocycles. The predicted octanol–water partition coefficient (Wildman–Crippen LogP) is 0.765. The number of hydrogen-bond acceptors (Lipinski definition) is 5. The number of thioether (sulfide) groups is 1. The van der Waals surface area contributed by atoms with E-state index in [2.05, 4.69) is 22.4 Å². The normalized spacial score (nSPS) is 10.6. The molecule has 1 heterocycles. The van der Waals surface area contributed by atoms with Crippen LogP contribution in [0.15, 0.2) is 5.16 Å². The van der Waals surface area contributed by atoms with E-state index >= 15 is 0 Å². The van der Waals surface area contributed by atoms with Crippen molar-refractivity contribution in [2.75, 3.05) is 12.3 Å². The molecule has 0 aliphatic heterocycles. The highest BCUT2D eigenvalue weighted by Gasteiger charge is 2.11. The molecule has 6 nitrogen and oxygen atoms in total. The number of amides is 1. The molecule has 0 bridgehead atoms. The molecule has 3 N–H and O–H groups in total. The molecule has 0 radical (unpaired) electrons. The third-order valence-electron chi connectivity index (χ3n) is 2.36. The van der Waals surface area contributed by atoms with Crippen LogP contribution in [0.2, 0.25) is 0 Å². The number of nitrogens with zero attached hydrogens (tertiary/aromatic N) is 3. The van der Waals surface area contributed by atoms with Crippen LogP contribution in [0.4, 0.5) is 0 Å². The number of nitrogens with two attached hydrogens (primary N) is 1. The fraction of sp³-hybridized carbons (Fsp3) is 0.727. The zero-order valence-electron chi connectivity index (χ0n) is 11.0. The summed E-state index contributed by atoms with van der Waals surface area (Å²) in [6, 6.07) is 0. The average Bonchev–Trinajstić information content (AvgIpc) is 2.73. The summed E-state index contributed by atoms with van der Waals surface area (Å²) < 4.78 is 2.03. The van der Waals surface area contributed by atoms with Gasteiger partial charge in [0, 0.05) is 25.3 Å². The largest absolute Gasteiger partial charge is 0.356 e. The predicted molar refractivity (Wildman–Crippen MR) is 72.2 cm³/mol. The average molecular weight is 271 g/mol. The highest BCUT2D eigenvalue weighted by Crippen LogP contribution is 2.18. The quantitative estimate of drug-likeness (QED) is 0.682. The van der Waals surface area contributed by atoms with Gasteiger partial charge < -0.3 is 15.6 Å². The van der Waals surface area contributed by atoms with Gasteiger partial charge in [-0.05, 0) is 13.3 Å². The summed E-state index contributed by atoms with van der Waals surface area (Å²) in [6.07, 6.45) is 1.50. The van der Waals surface area contributed by atoms with Crippen LogP contribution in [-0.4, -0.2) is 33.0 Å². The molecular weight excluding hydrogens is 250 g/mol. The van der Waals surface area contributed by atoms with Gasteiger partial charge in [-0.1, -0.05) is 18.7 Å². The molecule has 0 aliphatic carbocycles. The van der Waals surface area contributed by atoms with E-state index in [9.17, 15) is 4.79 Å². The maximum absolute atomic E-state index is 11.3. The van der Waals surface area contributed by atoms with Crippen LogP contribution >= 0.6 is 11.8 Å². The van der Waals surface area contributed by atoms with Gasteiger partial charge in [0.15, 0.2) is 5.16 Å². The van der Waals surface area contributed by atoms with Gasteiger partial charge in [0.05, 0.1) is 6.54 Å². The van der Waals surface area contributed by atoms with Gasteiger partial charge in [0.1, 0.15) is 5.82 Å². The fourth-order valence-corrected chi connectivity index (χ4v) is 2.47. The third kappa shape index (κ3) is 4.30. The topological polar surface area (TPSA) is 85.8 Å². The molecule has 0 unspecified atom stereocenters. The van der Waals surface area contributed by atoms with E-state index in [1.165, 1.54) is 0 Å². The number of hydrogen-bond donors (Lipinski definition) is 2. The van der Waals surface area contributed by atoms with E-state index < -0.39 is 0 Å². The van der Waals surface area contributed by atoms with E-state index in [0.717, 1.165) is 23.9 Å². The number of carbonyl (C=O) groups is 1. The Morgan fingerprint density at radius 2 is 2.22 bits per heavy atom.